The van der Waals surface area contributed by atoms with Gasteiger partial charge in [0.1, 0.15) is 0 Å². The number of rotatable bonds is 4. The Balaban J connectivity index is 1.88. The molecule has 1 aliphatic heterocycles. The van der Waals surface area contributed by atoms with Crippen LogP contribution in [0.4, 0.5) is 0 Å². The summed E-state index contributed by atoms with van der Waals surface area (Å²) >= 11 is 1.63. The van der Waals surface area contributed by atoms with Gasteiger partial charge in [0.2, 0.25) is 0 Å². The molecule has 0 spiro atoms. The highest BCUT2D eigenvalue weighted by molar-refractivity contribution is 7.12. The van der Waals surface area contributed by atoms with E-state index in [1.54, 1.807) is 11.3 Å². The molecule has 0 atom stereocenters. The SMILES string of the molecule is O=C(O)Cc1ccc(CN2CCCCC2)s1. The van der Waals surface area contributed by atoms with Gasteiger partial charge in [0.05, 0.1) is 6.42 Å². The highest BCUT2D eigenvalue weighted by atomic mass is 32.1. The summed E-state index contributed by atoms with van der Waals surface area (Å²) in [4.78, 5) is 15.3. The molecule has 16 heavy (non-hydrogen) atoms. The number of carboxylic acids is 1. The lowest BCUT2D eigenvalue weighted by molar-refractivity contribution is -0.136. The summed E-state index contributed by atoms with van der Waals surface area (Å²) in [6.07, 6.45) is 4.11. The molecule has 0 amide bonds. The zero-order valence-corrected chi connectivity index (χ0v) is 10.1. The summed E-state index contributed by atoms with van der Waals surface area (Å²) in [6.45, 7) is 3.36. The molecule has 1 aromatic rings. The largest absolute Gasteiger partial charge is 0.481 e. The maximum absolute atomic E-state index is 10.6. The van der Waals surface area contributed by atoms with Crippen LogP contribution in [0.2, 0.25) is 0 Å². The fraction of sp³-hybridized carbons (Fsp3) is 0.583. The third-order valence-electron chi connectivity index (χ3n) is 2.87. The van der Waals surface area contributed by atoms with Gasteiger partial charge in [-0.2, -0.15) is 0 Å². The zero-order chi connectivity index (χ0) is 11.4. The van der Waals surface area contributed by atoms with Crippen LogP contribution in [0.25, 0.3) is 0 Å². The molecule has 88 valence electrons. The molecule has 1 fully saturated rings. The van der Waals surface area contributed by atoms with Crippen LogP contribution in [0.15, 0.2) is 12.1 Å². The normalized spacial score (nSPS) is 17.5. The van der Waals surface area contributed by atoms with E-state index in [-0.39, 0.29) is 6.42 Å². The van der Waals surface area contributed by atoms with Crippen molar-refractivity contribution in [2.45, 2.75) is 32.2 Å². The van der Waals surface area contributed by atoms with Crippen molar-refractivity contribution in [3.8, 4) is 0 Å². The molecule has 1 saturated heterocycles. The minimum atomic E-state index is -0.744. The van der Waals surface area contributed by atoms with Crippen molar-refractivity contribution in [1.82, 2.24) is 4.90 Å². The summed E-state index contributed by atoms with van der Waals surface area (Å²) in [7, 11) is 0. The van der Waals surface area contributed by atoms with Gasteiger partial charge in [0.25, 0.3) is 0 Å². The van der Waals surface area contributed by atoms with Gasteiger partial charge >= 0.3 is 5.97 Å². The third-order valence-corrected chi connectivity index (χ3v) is 3.94. The number of piperidine rings is 1. The smallest absolute Gasteiger partial charge is 0.308 e. The monoisotopic (exact) mass is 239 g/mol. The van der Waals surface area contributed by atoms with Gasteiger partial charge in [0.15, 0.2) is 0 Å². The predicted octanol–water partition coefficient (Wildman–Crippen LogP) is 2.36. The highest BCUT2D eigenvalue weighted by Gasteiger charge is 2.12. The first-order valence-electron chi connectivity index (χ1n) is 5.76. The van der Waals surface area contributed by atoms with E-state index in [4.69, 9.17) is 5.11 Å². The maximum Gasteiger partial charge on any atom is 0.308 e. The zero-order valence-electron chi connectivity index (χ0n) is 9.32. The lowest BCUT2D eigenvalue weighted by Gasteiger charge is -2.25. The minimum Gasteiger partial charge on any atom is -0.481 e. The van der Waals surface area contributed by atoms with E-state index < -0.39 is 5.97 Å². The lowest BCUT2D eigenvalue weighted by Crippen LogP contribution is -2.28. The van der Waals surface area contributed by atoms with E-state index in [9.17, 15) is 4.79 Å². The number of hydrogen-bond acceptors (Lipinski definition) is 3. The van der Waals surface area contributed by atoms with Crippen molar-refractivity contribution < 1.29 is 9.90 Å². The number of aliphatic carboxylic acids is 1. The average Bonchev–Trinajstić information content (AvgIpc) is 2.66. The first-order valence-corrected chi connectivity index (χ1v) is 6.57. The Morgan fingerprint density at radius 2 is 1.94 bits per heavy atom. The number of carboxylic acid groups (broad SMARTS) is 1. The fourth-order valence-corrected chi connectivity index (χ4v) is 3.14. The van der Waals surface area contributed by atoms with Crippen LogP contribution < -0.4 is 0 Å². The van der Waals surface area contributed by atoms with Crippen LogP contribution in [0.3, 0.4) is 0 Å². The topological polar surface area (TPSA) is 40.5 Å². The Bertz CT molecular complexity index is 356. The van der Waals surface area contributed by atoms with Crippen LogP contribution in [-0.4, -0.2) is 29.1 Å². The van der Waals surface area contributed by atoms with Gasteiger partial charge in [-0.05, 0) is 38.1 Å². The van der Waals surface area contributed by atoms with Crippen molar-refractivity contribution in [3.63, 3.8) is 0 Å². The Morgan fingerprint density at radius 3 is 2.62 bits per heavy atom. The molecule has 1 N–H and O–H groups in total. The molecule has 2 rings (SSSR count). The molecular weight excluding hydrogens is 222 g/mol. The average molecular weight is 239 g/mol. The first-order chi connectivity index (χ1) is 7.74. The second-order valence-corrected chi connectivity index (χ2v) is 5.53. The fourth-order valence-electron chi connectivity index (χ4n) is 2.09. The molecule has 4 heteroatoms. The number of nitrogens with zero attached hydrogens (tertiary/aromatic N) is 1. The van der Waals surface area contributed by atoms with Crippen molar-refractivity contribution >= 4 is 17.3 Å². The van der Waals surface area contributed by atoms with Gasteiger partial charge in [-0.15, -0.1) is 11.3 Å². The van der Waals surface area contributed by atoms with E-state index in [0.29, 0.717) is 0 Å². The lowest BCUT2D eigenvalue weighted by atomic mass is 10.1. The van der Waals surface area contributed by atoms with Gasteiger partial charge in [-0.1, -0.05) is 6.42 Å². The van der Waals surface area contributed by atoms with Crippen LogP contribution in [0.5, 0.6) is 0 Å². The molecular formula is C12H17NO2S. The van der Waals surface area contributed by atoms with Gasteiger partial charge < -0.3 is 5.11 Å². The van der Waals surface area contributed by atoms with E-state index >= 15 is 0 Å². The number of carbonyl (C=O) groups is 1. The molecule has 0 unspecified atom stereocenters. The molecule has 1 aliphatic rings. The van der Waals surface area contributed by atoms with Crippen LogP contribution in [0.1, 0.15) is 29.0 Å². The minimum absolute atomic E-state index is 0.157. The summed E-state index contributed by atoms with van der Waals surface area (Å²) in [6, 6.07) is 4.01. The third kappa shape index (κ3) is 3.32. The molecule has 0 aromatic carbocycles. The summed E-state index contributed by atoms with van der Waals surface area (Å²) in [5.74, 6) is -0.744. The van der Waals surface area contributed by atoms with Crippen molar-refractivity contribution in [2.75, 3.05) is 13.1 Å². The second kappa shape index (κ2) is 5.46. The quantitative estimate of drug-likeness (QED) is 0.877. The van der Waals surface area contributed by atoms with Crippen molar-refractivity contribution in [3.05, 3.63) is 21.9 Å². The van der Waals surface area contributed by atoms with E-state index in [1.807, 2.05) is 6.07 Å². The Hall–Kier alpha value is -0.870. The van der Waals surface area contributed by atoms with E-state index in [0.717, 1.165) is 11.4 Å². The Morgan fingerprint density at radius 1 is 1.25 bits per heavy atom. The Kier molecular flexibility index (Phi) is 3.96. The van der Waals surface area contributed by atoms with Crippen molar-refractivity contribution in [1.29, 1.82) is 0 Å². The van der Waals surface area contributed by atoms with Gasteiger partial charge in [-0.3, -0.25) is 9.69 Å². The van der Waals surface area contributed by atoms with Crippen LogP contribution in [0, 0.1) is 0 Å². The Labute approximate surface area is 99.7 Å². The summed E-state index contributed by atoms with van der Waals surface area (Å²) in [5.41, 5.74) is 0. The molecule has 3 nitrogen and oxygen atoms in total. The molecule has 1 aromatic heterocycles. The van der Waals surface area contributed by atoms with Crippen LogP contribution in [-0.2, 0) is 17.8 Å². The van der Waals surface area contributed by atoms with Crippen LogP contribution >= 0.6 is 11.3 Å². The highest BCUT2D eigenvalue weighted by Crippen LogP contribution is 2.20. The number of thiophene rings is 1. The second-order valence-electron chi connectivity index (χ2n) is 4.28. The molecule has 0 radical (unpaired) electrons. The van der Waals surface area contributed by atoms with Gasteiger partial charge in [-0.25, -0.2) is 0 Å². The molecule has 0 bridgehead atoms. The van der Waals surface area contributed by atoms with Gasteiger partial charge in [0, 0.05) is 16.3 Å². The number of hydrogen-bond donors (Lipinski definition) is 1. The maximum atomic E-state index is 10.6. The van der Waals surface area contributed by atoms with Crippen molar-refractivity contribution in [2.24, 2.45) is 0 Å². The molecule has 2 heterocycles. The van der Waals surface area contributed by atoms with E-state index in [1.165, 1.54) is 37.2 Å². The predicted molar refractivity (Wildman–Crippen MR) is 64.8 cm³/mol. The molecule has 0 saturated carbocycles. The molecule has 0 aliphatic carbocycles. The number of likely N-dealkylation sites (tertiary alicyclic amines) is 1. The summed E-state index contributed by atoms with van der Waals surface area (Å²) in [5, 5.41) is 8.69. The first kappa shape index (κ1) is 11.6. The standard InChI is InChI=1S/C12H17NO2S/c14-12(15)8-10-4-5-11(16-10)9-13-6-2-1-3-7-13/h4-5H,1-3,6-9H2,(H,14,15). The van der Waals surface area contributed by atoms with E-state index in [2.05, 4.69) is 11.0 Å². The summed E-state index contributed by atoms with van der Waals surface area (Å²) < 4.78 is 0.